The van der Waals surface area contributed by atoms with Crippen molar-refractivity contribution >= 4 is 34.7 Å². The van der Waals surface area contributed by atoms with Gasteiger partial charge < -0.3 is 25.0 Å². The highest BCUT2D eigenvalue weighted by Gasteiger charge is 2.44. The van der Waals surface area contributed by atoms with E-state index in [9.17, 15) is 15.0 Å². The number of aromatic nitrogens is 5. The minimum Gasteiger partial charge on any atom is -0.463 e. The van der Waals surface area contributed by atoms with Crippen molar-refractivity contribution in [1.82, 2.24) is 25.0 Å². The molecule has 0 aromatic carbocycles. The summed E-state index contributed by atoms with van der Waals surface area (Å²) in [6, 6.07) is 0. The number of hydrogen-bond acceptors (Lipinski definition) is 11. The van der Waals surface area contributed by atoms with Crippen LogP contribution in [0.5, 0.6) is 0 Å². The number of unbranched alkanes of at least 4 members (excludes halogenated alkanes) is 1. The molecular weight excluding hydrogens is 412 g/mol. The van der Waals surface area contributed by atoms with Crippen molar-refractivity contribution in [1.29, 1.82) is 0 Å². The van der Waals surface area contributed by atoms with Crippen LogP contribution in [0.15, 0.2) is 17.3 Å². The lowest BCUT2D eigenvalue weighted by molar-refractivity contribution is -0.137. The molecule has 1 aliphatic heterocycles. The van der Waals surface area contributed by atoms with E-state index in [1.807, 2.05) is 6.26 Å². The first-order valence-corrected chi connectivity index (χ1v) is 11.0. The van der Waals surface area contributed by atoms with Crippen molar-refractivity contribution < 1.29 is 24.5 Å². The Hall–Kier alpha value is -2.28. The fourth-order valence-electron chi connectivity index (χ4n) is 2.99. The van der Waals surface area contributed by atoms with Gasteiger partial charge >= 0.3 is 5.97 Å². The average Bonchev–Trinajstić information content (AvgIpc) is 3.28. The molecule has 0 aliphatic carbocycles. The predicted molar refractivity (Wildman–Crippen MR) is 110 cm³/mol. The van der Waals surface area contributed by atoms with Crippen LogP contribution in [0, 0.1) is 0 Å². The lowest BCUT2D eigenvalue weighted by Crippen LogP contribution is -2.31. The van der Waals surface area contributed by atoms with Gasteiger partial charge in [0.25, 0.3) is 0 Å². The van der Waals surface area contributed by atoms with Gasteiger partial charge in [0.05, 0.1) is 6.61 Å². The van der Waals surface area contributed by atoms with Crippen LogP contribution < -0.4 is 5.32 Å². The second kappa shape index (κ2) is 10.2. The molecule has 2 aromatic heterocycles. The van der Waals surface area contributed by atoms with Crippen LogP contribution in [0.2, 0.25) is 0 Å². The smallest absolute Gasteiger partial charge is 0.330 e. The monoisotopic (exact) mass is 438 g/mol. The molecule has 1 fully saturated rings. The molecule has 3 N–H and O–H groups in total. The molecule has 4 atom stereocenters. The van der Waals surface area contributed by atoms with Gasteiger partial charge in [-0.2, -0.15) is 4.68 Å². The van der Waals surface area contributed by atoms with Gasteiger partial charge in [0, 0.05) is 12.6 Å². The maximum atomic E-state index is 11.5. The van der Waals surface area contributed by atoms with Crippen molar-refractivity contribution in [2.75, 3.05) is 24.7 Å². The molecule has 0 amide bonds. The number of ether oxygens (including phenoxy) is 2. The van der Waals surface area contributed by atoms with Gasteiger partial charge in [-0.15, -0.1) is 5.10 Å². The summed E-state index contributed by atoms with van der Waals surface area (Å²) in [6.07, 6.45) is 1.86. The molecule has 1 saturated heterocycles. The number of fused-ring (bicyclic) bond motifs is 1. The molecule has 2 aromatic rings. The van der Waals surface area contributed by atoms with E-state index in [1.54, 1.807) is 6.92 Å². The number of esters is 1. The van der Waals surface area contributed by atoms with Crippen LogP contribution in [-0.4, -0.2) is 78.9 Å². The summed E-state index contributed by atoms with van der Waals surface area (Å²) in [7, 11) is 0. The first-order valence-electron chi connectivity index (χ1n) is 9.77. The van der Waals surface area contributed by atoms with Crippen molar-refractivity contribution in [3.8, 4) is 0 Å². The quantitative estimate of drug-likeness (QED) is 0.169. The van der Waals surface area contributed by atoms with Crippen molar-refractivity contribution in [3.63, 3.8) is 0 Å². The zero-order valence-corrected chi connectivity index (χ0v) is 17.9. The average molecular weight is 439 g/mol. The van der Waals surface area contributed by atoms with E-state index in [1.165, 1.54) is 22.5 Å². The largest absolute Gasteiger partial charge is 0.463 e. The Labute approximate surface area is 177 Å². The van der Waals surface area contributed by atoms with Gasteiger partial charge in [-0.3, -0.25) is 0 Å². The van der Waals surface area contributed by atoms with E-state index in [4.69, 9.17) is 9.47 Å². The van der Waals surface area contributed by atoms with Gasteiger partial charge in [0.15, 0.2) is 28.4 Å². The Morgan fingerprint density at radius 1 is 1.33 bits per heavy atom. The topological polar surface area (TPSA) is 145 Å². The number of aliphatic hydroxyl groups is 2. The van der Waals surface area contributed by atoms with E-state index in [2.05, 4.69) is 32.5 Å². The molecule has 3 rings (SSSR count). The van der Waals surface area contributed by atoms with Crippen LogP contribution >= 0.6 is 11.8 Å². The van der Waals surface area contributed by atoms with E-state index in [-0.39, 0.29) is 6.61 Å². The van der Waals surface area contributed by atoms with Gasteiger partial charge in [-0.1, -0.05) is 30.3 Å². The minimum atomic E-state index is -1.30. The van der Waals surface area contributed by atoms with Gasteiger partial charge in [0.2, 0.25) is 0 Å². The number of nitrogens with zero attached hydrogens (tertiary/aromatic N) is 5. The van der Waals surface area contributed by atoms with Crippen LogP contribution in [0.4, 0.5) is 5.82 Å². The van der Waals surface area contributed by atoms with Crippen LogP contribution in [0.1, 0.15) is 32.9 Å². The Kier molecular flexibility index (Phi) is 7.58. The summed E-state index contributed by atoms with van der Waals surface area (Å²) in [6.45, 7) is 4.75. The number of carbonyl (C=O) groups excluding carboxylic acids is 1. The van der Waals surface area contributed by atoms with E-state index < -0.39 is 30.5 Å². The molecule has 0 unspecified atom stereocenters. The highest BCUT2D eigenvalue weighted by Crippen LogP contribution is 2.32. The van der Waals surface area contributed by atoms with Crippen molar-refractivity contribution in [2.24, 2.45) is 0 Å². The third-order valence-electron chi connectivity index (χ3n) is 4.53. The third-order valence-corrected chi connectivity index (χ3v) is 5.08. The molecule has 0 radical (unpaired) electrons. The summed E-state index contributed by atoms with van der Waals surface area (Å²) in [5.74, 6) is -0.00608. The SMILES string of the molecule is CCCCNc1nc(SC)nc2c1nnn2[C@@H]1O[C@H](/C=C/C(=O)OCC)[C@@H](O)[C@H]1O. The molecule has 0 saturated carbocycles. The second-order valence-electron chi connectivity index (χ2n) is 6.63. The summed E-state index contributed by atoms with van der Waals surface area (Å²) >= 11 is 1.36. The third kappa shape index (κ3) is 4.72. The number of rotatable bonds is 9. The molecule has 164 valence electrons. The number of hydrogen-bond donors (Lipinski definition) is 3. The zero-order valence-electron chi connectivity index (χ0n) is 17.1. The Balaban J connectivity index is 1.88. The van der Waals surface area contributed by atoms with Crippen molar-refractivity contribution in [3.05, 3.63) is 12.2 Å². The molecule has 1 aliphatic rings. The molecular formula is C18H26N6O5S. The fourth-order valence-corrected chi connectivity index (χ4v) is 3.35. The standard InChI is InChI=1S/C18H26N6O5S/c1-4-6-9-19-15-12-16(21-18(20-15)30-3)24(23-22-12)17-14(27)13(26)10(29-17)7-8-11(25)28-5-2/h7-8,10,13-14,17,26-27H,4-6,9H2,1-3H3,(H,19,20,21)/b8-7+/t10-,13-,14-,17-/m1/s1. The lowest BCUT2D eigenvalue weighted by atomic mass is 10.1. The Morgan fingerprint density at radius 2 is 2.13 bits per heavy atom. The van der Waals surface area contributed by atoms with Crippen LogP contribution in [-0.2, 0) is 14.3 Å². The minimum absolute atomic E-state index is 0.236. The number of nitrogens with one attached hydrogen (secondary N) is 1. The van der Waals surface area contributed by atoms with Crippen LogP contribution in [0.25, 0.3) is 11.2 Å². The number of thioether (sulfide) groups is 1. The molecule has 3 heterocycles. The Morgan fingerprint density at radius 3 is 2.83 bits per heavy atom. The number of anilines is 1. The summed E-state index contributed by atoms with van der Waals surface area (Å²) in [4.78, 5) is 20.4. The molecule has 30 heavy (non-hydrogen) atoms. The van der Waals surface area contributed by atoms with E-state index in [0.29, 0.717) is 22.1 Å². The fraction of sp³-hybridized carbons (Fsp3) is 0.611. The van der Waals surface area contributed by atoms with Gasteiger partial charge in [0.1, 0.15) is 18.3 Å². The maximum Gasteiger partial charge on any atom is 0.330 e. The maximum absolute atomic E-state index is 11.5. The summed E-state index contributed by atoms with van der Waals surface area (Å²) in [5, 5.41) is 32.9. The van der Waals surface area contributed by atoms with Crippen molar-refractivity contribution in [2.45, 2.75) is 56.4 Å². The molecule has 12 heteroatoms. The zero-order chi connectivity index (χ0) is 21.7. The predicted octanol–water partition coefficient (Wildman–Crippen LogP) is 0.894. The first kappa shape index (κ1) is 22.4. The van der Waals surface area contributed by atoms with Gasteiger partial charge in [-0.05, 0) is 25.7 Å². The van der Waals surface area contributed by atoms with Crippen LogP contribution in [0.3, 0.4) is 0 Å². The summed E-state index contributed by atoms with van der Waals surface area (Å²) < 4.78 is 11.9. The summed E-state index contributed by atoms with van der Waals surface area (Å²) in [5.41, 5.74) is 0.819. The normalized spacial score (nSPS) is 24.0. The first-order chi connectivity index (χ1) is 14.5. The molecule has 0 spiro atoms. The van der Waals surface area contributed by atoms with E-state index in [0.717, 1.165) is 25.5 Å². The number of aliphatic hydroxyl groups excluding tert-OH is 2. The van der Waals surface area contributed by atoms with Gasteiger partial charge in [-0.25, -0.2) is 14.8 Å². The highest BCUT2D eigenvalue weighted by atomic mass is 32.2. The van der Waals surface area contributed by atoms with E-state index >= 15 is 0 Å². The highest BCUT2D eigenvalue weighted by molar-refractivity contribution is 7.98. The lowest BCUT2D eigenvalue weighted by Gasteiger charge is -2.15. The Bertz CT molecular complexity index is 907. The molecule has 11 nitrogen and oxygen atoms in total. The number of carbonyl (C=O) groups is 1. The second-order valence-corrected chi connectivity index (χ2v) is 7.40. The molecule has 0 bridgehead atoms.